The van der Waals surface area contributed by atoms with Crippen molar-refractivity contribution in [2.75, 3.05) is 32.0 Å². The molecular formula is C30H32N6O3. The van der Waals surface area contributed by atoms with E-state index in [9.17, 15) is 4.79 Å². The summed E-state index contributed by atoms with van der Waals surface area (Å²) in [6, 6.07) is 19.7. The van der Waals surface area contributed by atoms with Crippen molar-refractivity contribution in [3.8, 4) is 23.0 Å². The van der Waals surface area contributed by atoms with E-state index in [2.05, 4.69) is 32.4 Å². The number of anilines is 1. The Labute approximate surface area is 227 Å². The van der Waals surface area contributed by atoms with Gasteiger partial charge in [-0.1, -0.05) is 30.3 Å². The SMILES string of the molecule is CN(CC=CC(=O)N1CCC(Nc2n[nH]c3nccc(Oc4cccc(Oc5ccccc5)c4)c23)C1)C1CC1. The van der Waals surface area contributed by atoms with Crippen molar-refractivity contribution in [3.05, 3.63) is 79.0 Å². The summed E-state index contributed by atoms with van der Waals surface area (Å²) in [5.41, 5.74) is 0.625. The molecule has 4 aromatic rings. The first-order valence-electron chi connectivity index (χ1n) is 13.4. The number of nitrogens with zero attached hydrogens (tertiary/aromatic N) is 4. The molecule has 1 unspecified atom stereocenters. The van der Waals surface area contributed by atoms with Crippen LogP contribution in [0.15, 0.2) is 79.0 Å². The minimum absolute atomic E-state index is 0.0543. The van der Waals surface area contributed by atoms with E-state index in [0.29, 0.717) is 47.8 Å². The van der Waals surface area contributed by atoms with Crippen LogP contribution in [0.5, 0.6) is 23.0 Å². The van der Waals surface area contributed by atoms with Gasteiger partial charge < -0.3 is 19.7 Å². The third-order valence-electron chi connectivity index (χ3n) is 7.10. The molecule has 1 saturated heterocycles. The number of H-pyrrole nitrogens is 1. The Balaban J connectivity index is 1.12. The Bertz CT molecular complexity index is 1470. The zero-order valence-corrected chi connectivity index (χ0v) is 21.9. The Morgan fingerprint density at radius 3 is 2.69 bits per heavy atom. The molecular weight excluding hydrogens is 492 g/mol. The number of benzene rings is 2. The van der Waals surface area contributed by atoms with Crippen molar-refractivity contribution in [2.45, 2.75) is 31.3 Å². The molecule has 0 bridgehead atoms. The molecule has 2 aromatic carbocycles. The van der Waals surface area contributed by atoms with Crippen LogP contribution >= 0.6 is 0 Å². The number of aromatic amines is 1. The molecule has 0 radical (unpaired) electrons. The number of nitrogens with one attached hydrogen (secondary N) is 2. The predicted octanol–water partition coefficient (Wildman–Crippen LogP) is 5.21. The van der Waals surface area contributed by atoms with Crippen molar-refractivity contribution >= 4 is 22.8 Å². The fourth-order valence-electron chi connectivity index (χ4n) is 4.83. The maximum absolute atomic E-state index is 12.7. The van der Waals surface area contributed by atoms with Crippen LogP contribution in [0.4, 0.5) is 5.82 Å². The van der Waals surface area contributed by atoms with Crippen molar-refractivity contribution < 1.29 is 14.3 Å². The molecule has 1 aliphatic carbocycles. The Morgan fingerprint density at radius 2 is 1.87 bits per heavy atom. The quantitative estimate of drug-likeness (QED) is 0.275. The number of fused-ring (bicyclic) bond motifs is 1. The Kier molecular flexibility index (Phi) is 7.14. The number of ether oxygens (including phenoxy) is 2. The number of likely N-dealkylation sites (N-methyl/N-ethyl adjacent to an activating group) is 1. The van der Waals surface area contributed by atoms with E-state index in [1.807, 2.05) is 71.6 Å². The van der Waals surface area contributed by atoms with Crippen LogP contribution in [0.3, 0.4) is 0 Å². The van der Waals surface area contributed by atoms with Gasteiger partial charge in [-0.2, -0.15) is 5.10 Å². The molecule has 39 heavy (non-hydrogen) atoms. The molecule has 1 aliphatic heterocycles. The van der Waals surface area contributed by atoms with Gasteiger partial charge in [-0.25, -0.2) is 4.98 Å². The number of carbonyl (C=O) groups excluding carboxylic acids is 1. The van der Waals surface area contributed by atoms with E-state index in [-0.39, 0.29) is 11.9 Å². The fourth-order valence-corrected chi connectivity index (χ4v) is 4.83. The summed E-state index contributed by atoms with van der Waals surface area (Å²) in [5, 5.41) is 11.7. The average Bonchev–Trinajstić information content (AvgIpc) is 3.57. The highest BCUT2D eigenvalue weighted by Gasteiger charge is 2.27. The number of para-hydroxylation sites is 1. The summed E-state index contributed by atoms with van der Waals surface area (Å²) in [7, 11) is 2.11. The van der Waals surface area contributed by atoms with Gasteiger partial charge in [-0.05, 0) is 50.6 Å². The number of likely N-dealkylation sites (tertiary alicyclic amines) is 1. The van der Waals surface area contributed by atoms with Crippen LogP contribution in [0.1, 0.15) is 19.3 Å². The van der Waals surface area contributed by atoms with Gasteiger partial charge in [0.1, 0.15) is 28.4 Å². The third-order valence-corrected chi connectivity index (χ3v) is 7.10. The first-order valence-corrected chi connectivity index (χ1v) is 13.4. The number of rotatable bonds is 10. The lowest BCUT2D eigenvalue weighted by molar-refractivity contribution is -0.125. The van der Waals surface area contributed by atoms with E-state index < -0.39 is 0 Å². The predicted molar refractivity (Wildman–Crippen MR) is 150 cm³/mol. The van der Waals surface area contributed by atoms with E-state index >= 15 is 0 Å². The standard InChI is InChI=1S/C30H32N6O3/c1-35(22-12-13-22)17-6-11-27(37)36-18-15-21(20-36)32-30-28-26(14-16-31-29(28)33-34-30)39-25-10-5-9-24(19-25)38-23-7-3-2-4-8-23/h2-11,14,16,19,21-22H,12-13,15,17-18,20H2,1H3,(H2,31,32,33,34). The normalized spacial score (nSPS) is 17.3. The van der Waals surface area contributed by atoms with E-state index in [1.54, 1.807) is 12.3 Å². The largest absolute Gasteiger partial charge is 0.457 e. The summed E-state index contributed by atoms with van der Waals surface area (Å²) >= 11 is 0. The molecule has 1 atom stereocenters. The summed E-state index contributed by atoms with van der Waals surface area (Å²) in [6.45, 7) is 2.13. The molecule has 0 spiro atoms. The second-order valence-corrected chi connectivity index (χ2v) is 10.1. The van der Waals surface area contributed by atoms with Crippen LogP contribution in [0, 0.1) is 0 Å². The monoisotopic (exact) mass is 524 g/mol. The molecule has 9 heteroatoms. The molecule has 3 heterocycles. The Morgan fingerprint density at radius 1 is 1.08 bits per heavy atom. The molecule has 2 fully saturated rings. The lowest BCUT2D eigenvalue weighted by Gasteiger charge is -2.16. The van der Waals surface area contributed by atoms with Gasteiger partial charge in [-0.15, -0.1) is 0 Å². The van der Waals surface area contributed by atoms with Crippen LogP contribution in [0.2, 0.25) is 0 Å². The highest BCUT2D eigenvalue weighted by molar-refractivity contribution is 5.93. The number of pyridine rings is 1. The number of aromatic nitrogens is 3. The van der Waals surface area contributed by atoms with Crippen LogP contribution in [0.25, 0.3) is 11.0 Å². The van der Waals surface area contributed by atoms with Gasteiger partial charge >= 0.3 is 0 Å². The third kappa shape index (κ3) is 6.04. The number of amides is 1. The van der Waals surface area contributed by atoms with Crippen molar-refractivity contribution in [2.24, 2.45) is 0 Å². The summed E-state index contributed by atoms with van der Waals surface area (Å²) < 4.78 is 12.2. The highest BCUT2D eigenvalue weighted by Crippen LogP contribution is 2.35. The van der Waals surface area contributed by atoms with Crippen molar-refractivity contribution in [1.82, 2.24) is 25.0 Å². The molecule has 1 saturated carbocycles. The molecule has 200 valence electrons. The zero-order chi connectivity index (χ0) is 26.6. The maximum atomic E-state index is 12.7. The minimum Gasteiger partial charge on any atom is -0.457 e. The van der Waals surface area contributed by atoms with Gasteiger partial charge in [0, 0.05) is 56.1 Å². The average molecular weight is 525 g/mol. The second kappa shape index (κ2) is 11.2. The summed E-state index contributed by atoms with van der Waals surface area (Å²) in [5.74, 6) is 3.41. The molecule has 1 amide bonds. The van der Waals surface area contributed by atoms with Crippen LogP contribution < -0.4 is 14.8 Å². The lowest BCUT2D eigenvalue weighted by atomic mass is 10.2. The number of hydrogen-bond donors (Lipinski definition) is 2. The van der Waals surface area contributed by atoms with E-state index in [1.165, 1.54) is 12.8 Å². The summed E-state index contributed by atoms with van der Waals surface area (Å²) in [4.78, 5) is 21.3. The van der Waals surface area contributed by atoms with E-state index in [0.717, 1.165) is 24.1 Å². The molecule has 2 aromatic heterocycles. The molecule has 6 rings (SSSR count). The van der Waals surface area contributed by atoms with E-state index in [4.69, 9.17) is 9.47 Å². The zero-order valence-electron chi connectivity index (χ0n) is 21.9. The first-order chi connectivity index (χ1) is 19.1. The molecule has 9 nitrogen and oxygen atoms in total. The van der Waals surface area contributed by atoms with Crippen molar-refractivity contribution in [1.29, 1.82) is 0 Å². The minimum atomic E-state index is 0.0543. The topological polar surface area (TPSA) is 95.6 Å². The van der Waals surface area contributed by atoms with Crippen molar-refractivity contribution in [3.63, 3.8) is 0 Å². The van der Waals surface area contributed by atoms with Gasteiger partial charge in [0.15, 0.2) is 11.5 Å². The Hall–Kier alpha value is -4.37. The molecule has 2 aliphatic rings. The van der Waals surface area contributed by atoms with Gasteiger partial charge in [0.25, 0.3) is 0 Å². The van der Waals surface area contributed by atoms with Crippen LogP contribution in [-0.4, -0.2) is 69.7 Å². The first kappa shape index (κ1) is 24.9. The maximum Gasteiger partial charge on any atom is 0.246 e. The number of hydrogen-bond acceptors (Lipinski definition) is 7. The van der Waals surface area contributed by atoms with Gasteiger partial charge in [0.2, 0.25) is 5.91 Å². The van der Waals surface area contributed by atoms with Gasteiger partial charge in [-0.3, -0.25) is 14.8 Å². The lowest BCUT2D eigenvalue weighted by Crippen LogP contribution is -2.30. The smallest absolute Gasteiger partial charge is 0.246 e. The molecule has 2 N–H and O–H groups in total. The fraction of sp³-hybridized carbons (Fsp3) is 0.300. The van der Waals surface area contributed by atoms with Crippen LogP contribution in [-0.2, 0) is 4.79 Å². The summed E-state index contributed by atoms with van der Waals surface area (Å²) in [6.07, 6.45) is 8.72. The van der Waals surface area contributed by atoms with Gasteiger partial charge in [0.05, 0.1) is 0 Å². The highest BCUT2D eigenvalue weighted by atomic mass is 16.5. The number of carbonyl (C=O) groups is 1. The second-order valence-electron chi connectivity index (χ2n) is 10.1.